The molecule has 0 atom stereocenters. The molecule has 0 radical (unpaired) electrons. The lowest BCUT2D eigenvalue weighted by Gasteiger charge is -2.04. The molecule has 0 saturated carbocycles. The van der Waals surface area contributed by atoms with Crippen LogP contribution >= 0.6 is 11.3 Å². The molecule has 0 saturated heterocycles. The maximum absolute atomic E-state index is 5.29. The van der Waals surface area contributed by atoms with Gasteiger partial charge in [-0.05, 0) is 36.1 Å². The van der Waals surface area contributed by atoms with E-state index in [9.17, 15) is 0 Å². The van der Waals surface area contributed by atoms with Crippen LogP contribution in [0.3, 0.4) is 0 Å². The van der Waals surface area contributed by atoms with E-state index in [0.29, 0.717) is 0 Å². The second-order valence-electron chi connectivity index (χ2n) is 3.45. The third-order valence-electron chi connectivity index (χ3n) is 2.21. The van der Waals surface area contributed by atoms with Crippen LogP contribution in [0.2, 0.25) is 0 Å². The average Bonchev–Trinajstić information content (AvgIpc) is 2.80. The molecule has 0 bridgehead atoms. The van der Waals surface area contributed by atoms with Gasteiger partial charge in [-0.25, -0.2) is 0 Å². The van der Waals surface area contributed by atoms with Gasteiger partial charge in [-0.2, -0.15) is 0 Å². The Bertz CT molecular complexity index is 489. The van der Waals surface area contributed by atoms with Crippen molar-refractivity contribution >= 4 is 23.2 Å². The van der Waals surface area contributed by atoms with E-state index in [1.165, 1.54) is 5.56 Å². The predicted molar refractivity (Wildman–Crippen MR) is 69.3 cm³/mol. The molecule has 0 N–H and O–H groups in total. The summed E-state index contributed by atoms with van der Waals surface area (Å²) in [6.07, 6.45) is 1.86. The van der Waals surface area contributed by atoms with E-state index < -0.39 is 0 Å². The number of ether oxygens (including phenoxy) is 1. The Labute approximate surface area is 99.2 Å². The van der Waals surface area contributed by atoms with Gasteiger partial charge in [0.05, 0.1) is 7.11 Å². The van der Waals surface area contributed by atoms with Crippen LogP contribution in [0.15, 0.2) is 40.7 Å². The van der Waals surface area contributed by atoms with Gasteiger partial charge in [0.15, 0.2) is 0 Å². The zero-order valence-electron chi connectivity index (χ0n) is 9.31. The minimum Gasteiger partial charge on any atom is -0.494 e. The van der Waals surface area contributed by atoms with E-state index in [1.807, 2.05) is 48.9 Å². The molecule has 1 aromatic heterocycles. The predicted octanol–water partition coefficient (Wildman–Crippen LogP) is 3.82. The van der Waals surface area contributed by atoms with Crippen molar-refractivity contribution < 1.29 is 4.74 Å². The van der Waals surface area contributed by atoms with Crippen LogP contribution in [-0.4, -0.2) is 13.3 Å². The molecule has 82 valence electrons. The van der Waals surface area contributed by atoms with Gasteiger partial charge < -0.3 is 4.74 Å². The van der Waals surface area contributed by atoms with Crippen molar-refractivity contribution in [2.45, 2.75) is 6.92 Å². The molecule has 3 heteroatoms. The summed E-state index contributed by atoms with van der Waals surface area (Å²) in [4.78, 5) is 5.56. The number of nitrogens with zero attached hydrogens (tertiary/aromatic N) is 1. The number of thiophene rings is 1. The SMILES string of the molecule is COc1cc(C)ccc1N=Cc1cccs1. The van der Waals surface area contributed by atoms with E-state index >= 15 is 0 Å². The third kappa shape index (κ3) is 2.49. The van der Waals surface area contributed by atoms with Crippen molar-refractivity contribution in [3.8, 4) is 5.75 Å². The lowest BCUT2D eigenvalue weighted by atomic mass is 10.2. The molecule has 0 unspecified atom stereocenters. The van der Waals surface area contributed by atoms with E-state index in [2.05, 4.69) is 4.99 Å². The number of hydrogen-bond acceptors (Lipinski definition) is 3. The van der Waals surface area contributed by atoms with Crippen molar-refractivity contribution in [3.63, 3.8) is 0 Å². The molecule has 1 aromatic carbocycles. The van der Waals surface area contributed by atoms with Crippen molar-refractivity contribution in [1.82, 2.24) is 0 Å². The second-order valence-corrected chi connectivity index (χ2v) is 4.43. The Hall–Kier alpha value is -1.61. The maximum Gasteiger partial charge on any atom is 0.144 e. The first-order valence-corrected chi connectivity index (χ1v) is 5.90. The zero-order valence-corrected chi connectivity index (χ0v) is 10.1. The summed E-state index contributed by atoms with van der Waals surface area (Å²) >= 11 is 1.67. The molecule has 0 aliphatic rings. The van der Waals surface area contributed by atoms with Gasteiger partial charge in [-0.15, -0.1) is 11.3 Å². The molecular weight excluding hydrogens is 218 g/mol. The Balaban J connectivity index is 2.27. The summed E-state index contributed by atoms with van der Waals surface area (Å²) in [6, 6.07) is 10.0. The van der Waals surface area contributed by atoms with Crippen LogP contribution in [0.1, 0.15) is 10.4 Å². The third-order valence-corrected chi connectivity index (χ3v) is 3.02. The van der Waals surface area contributed by atoms with Crippen molar-refractivity contribution in [3.05, 3.63) is 46.2 Å². The van der Waals surface area contributed by atoms with E-state index in [1.54, 1.807) is 18.4 Å². The molecule has 0 fully saturated rings. The van der Waals surface area contributed by atoms with Crippen LogP contribution < -0.4 is 4.74 Å². The van der Waals surface area contributed by atoms with Crippen LogP contribution in [0, 0.1) is 6.92 Å². The number of aliphatic imine (C=N–C) groups is 1. The second kappa shape index (κ2) is 4.94. The average molecular weight is 231 g/mol. The molecule has 16 heavy (non-hydrogen) atoms. The fourth-order valence-corrected chi connectivity index (χ4v) is 1.97. The van der Waals surface area contributed by atoms with Crippen molar-refractivity contribution in [1.29, 1.82) is 0 Å². The van der Waals surface area contributed by atoms with E-state index in [0.717, 1.165) is 16.3 Å². The number of methoxy groups -OCH3 is 1. The zero-order chi connectivity index (χ0) is 11.4. The van der Waals surface area contributed by atoms with Gasteiger partial charge in [0, 0.05) is 11.1 Å². The van der Waals surface area contributed by atoms with Gasteiger partial charge in [0.25, 0.3) is 0 Å². The summed E-state index contributed by atoms with van der Waals surface area (Å²) in [7, 11) is 1.67. The van der Waals surface area contributed by atoms with Gasteiger partial charge >= 0.3 is 0 Å². The summed E-state index contributed by atoms with van der Waals surface area (Å²) in [5, 5.41) is 2.04. The molecule has 2 aromatic rings. The smallest absolute Gasteiger partial charge is 0.144 e. The van der Waals surface area contributed by atoms with Gasteiger partial charge in [0.2, 0.25) is 0 Å². The highest BCUT2D eigenvalue weighted by Gasteiger charge is 2.00. The molecule has 0 aliphatic heterocycles. The molecule has 2 nitrogen and oxygen atoms in total. The van der Waals surface area contributed by atoms with Crippen LogP contribution in [0.25, 0.3) is 0 Å². The van der Waals surface area contributed by atoms with E-state index in [4.69, 9.17) is 4.74 Å². The first-order chi connectivity index (χ1) is 7.79. The number of benzene rings is 1. The van der Waals surface area contributed by atoms with Gasteiger partial charge in [-0.3, -0.25) is 4.99 Å². The Morgan fingerprint density at radius 2 is 2.19 bits per heavy atom. The first kappa shape index (κ1) is 10.9. The Kier molecular flexibility index (Phi) is 3.37. The summed E-state index contributed by atoms with van der Waals surface area (Å²) in [6.45, 7) is 2.04. The quantitative estimate of drug-likeness (QED) is 0.736. The number of rotatable bonds is 3. The van der Waals surface area contributed by atoms with E-state index in [-0.39, 0.29) is 0 Å². The fraction of sp³-hybridized carbons (Fsp3) is 0.154. The standard InChI is InChI=1S/C13H13NOS/c1-10-5-6-12(13(8-10)15-2)14-9-11-4-3-7-16-11/h3-9H,1-2H3. The number of hydrogen-bond donors (Lipinski definition) is 0. The van der Waals surface area contributed by atoms with Crippen LogP contribution in [-0.2, 0) is 0 Å². The minimum atomic E-state index is 0.813. The monoisotopic (exact) mass is 231 g/mol. The van der Waals surface area contributed by atoms with Crippen LogP contribution in [0.5, 0.6) is 5.75 Å². The molecule has 0 aliphatic carbocycles. The lowest BCUT2D eigenvalue weighted by molar-refractivity contribution is 0.416. The van der Waals surface area contributed by atoms with Gasteiger partial charge in [0.1, 0.15) is 11.4 Å². The maximum atomic E-state index is 5.29. The molecule has 2 rings (SSSR count). The summed E-state index contributed by atoms with van der Waals surface area (Å²) in [5.74, 6) is 0.813. The molecule has 0 amide bonds. The number of aryl methyl sites for hydroxylation is 1. The van der Waals surface area contributed by atoms with Crippen molar-refractivity contribution in [2.24, 2.45) is 4.99 Å². The Morgan fingerprint density at radius 3 is 2.88 bits per heavy atom. The lowest BCUT2D eigenvalue weighted by Crippen LogP contribution is -1.84. The normalized spacial score (nSPS) is 10.9. The topological polar surface area (TPSA) is 21.6 Å². The summed E-state index contributed by atoms with van der Waals surface area (Å²) in [5.41, 5.74) is 2.04. The highest BCUT2D eigenvalue weighted by molar-refractivity contribution is 7.11. The van der Waals surface area contributed by atoms with Gasteiger partial charge in [-0.1, -0.05) is 12.1 Å². The molecule has 0 spiro atoms. The highest BCUT2D eigenvalue weighted by Crippen LogP contribution is 2.28. The van der Waals surface area contributed by atoms with Crippen LogP contribution in [0.4, 0.5) is 5.69 Å². The molecule has 1 heterocycles. The minimum absolute atomic E-state index is 0.813. The first-order valence-electron chi connectivity index (χ1n) is 5.02. The molecular formula is C13H13NOS. The largest absolute Gasteiger partial charge is 0.494 e. The highest BCUT2D eigenvalue weighted by atomic mass is 32.1. The summed E-state index contributed by atoms with van der Waals surface area (Å²) < 4.78 is 5.29. The fourth-order valence-electron chi connectivity index (χ4n) is 1.39. The van der Waals surface area contributed by atoms with Crippen molar-refractivity contribution in [2.75, 3.05) is 7.11 Å². The Morgan fingerprint density at radius 1 is 1.31 bits per heavy atom.